The minimum Gasteiger partial charge on any atom is -0.497 e. The van der Waals surface area contributed by atoms with Gasteiger partial charge in [0.2, 0.25) is 5.91 Å². The second-order valence-corrected chi connectivity index (χ2v) is 9.55. The summed E-state index contributed by atoms with van der Waals surface area (Å²) >= 11 is 1.27. The largest absolute Gasteiger partial charge is 0.497 e. The van der Waals surface area contributed by atoms with E-state index in [9.17, 15) is 9.59 Å². The van der Waals surface area contributed by atoms with Crippen molar-refractivity contribution >= 4 is 23.6 Å². The molecule has 184 valence electrons. The molecule has 9 heteroatoms. The van der Waals surface area contributed by atoms with Crippen molar-refractivity contribution in [2.24, 2.45) is 0 Å². The topological polar surface area (TPSA) is 84.9 Å². The van der Waals surface area contributed by atoms with Gasteiger partial charge in [0.15, 0.2) is 5.16 Å². The molecule has 0 saturated carbocycles. The first-order valence-corrected chi connectivity index (χ1v) is 12.5. The average molecular weight is 487 g/mol. The molecule has 8 nitrogen and oxygen atoms in total. The van der Waals surface area contributed by atoms with E-state index in [2.05, 4.69) is 9.88 Å². The molecule has 1 aliphatic heterocycles. The first-order chi connectivity index (χ1) is 16.4. The monoisotopic (exact) mass is 486 g/mol. The lowest BCUT2D eigenvalue weighted by Gasteiger charge is -2.32. The molecular weight excluding hydrogens is 452 g/mol. The maximum Gasteiger partial charge on any atom is 0.316 e. The van der Waals surface area contributed by atoms with Crippen molar-refractivity contribution in [3.63, 3.8) is 0 Å². The third-order valence-corrected chi connectivity index (χ3v) is 6.79. The molecule has 0 atom stereocenters. The van der Waals surface area contributed by atoms with Crippen LogP contribution >= 0.6 is 11.8 Å². The molecule has 1 saturated heterocycles. The molecule has 1 fully saturated rings. The number of methoxy groups -OCH3 is 2. The van der Waals surface area contributed by atoms with E-state index in [4.69, 9.17) is 14.5 Å². The van der Waals surface area contributed by atoms with Gasteiger partial charge in [0, 0.05) is 37.2 Å². The van der Waals surface area contributed by atoms with Gasteiger partial charge in [-0.05, 0) is 57.6 Å². The van der Waals surface area contributed by atoms with Crippen molar-refractivity contribution in [1.82, 2.24) is 19.8 Å². The summed E-state index contributed by atoms with van der Waals surface area (Å²) < 4.78 is 10.1. The summed E-state index contributed by atoms with van der Waals surface area (Å²) in [5.74, 6) is 1.05. The zero-order valence-electron chi connectivity index (χ0n) is 20.5. The smallest absolute Gasteiger partial charge is 0.316 e. The number of thioether (sulfide) groups is 1. The number of rotatable bonds is 10. The molecule has 1 amide bonds. The lowest BCUT2D eigenvalue weighted by molar-refractivity contribution is -0.137. The van der Waals surface area contributed by atoms with Gasteiger partial charge in [0.1, 0.15) is 5.75 Å². The zero-order chi connectivity index (χ0) is 24.5. The van der Waals surface area contributed by atoms with E-state index < -0.39 is 0 Å². The standard InChI is InChI=1S/C25H34N4O4S/c1-28(2)12-6-9-22(30)29-13-10-18(11-14-29)24-21(19-7-5-8-20(15-19)32-3)16-26-25(27-24)34-17-23(31)33-4/h5,7-8,15-16,18H,6,9-14,17H2,1-4H3. The van der Waals surface area contributed by atoms with Crippen LogP contribution in [0.3, 0.4) is 0 Å². The van der Waals surface area contributed by atoms with Crippen molar-refractivity contribution in [3.05, 3.63) is 36.2 Å². The summed E-state index contributed by atoms with van der Waals surface area (Å²) in [5, 5.41) is 0.550. The number of nitrogens with zero attached hydrogens (tertiary/aromatic N) is 4. The molecule has 1 aromatic carbocycles. The van der Waals surface area contributed by atoms with Gasteiger partial charge in [0.05, 0.1) is 25.7 Å². The van der Waals surface area contributed by atoms with Crippen LogP contribution in [0, 0.1) is 0 Å². The molecular formula is C25H34N4O4S. The highest BCUT2D eigenvalue weighted by Gasteiger charge is 2.27. The normalized spacial score (nSPS) is 14.3. The average Bonchev–Trinajstić information content (AvgIpc) is 2.87. The van der Waals surface area contributed by atoms with Crippen LogP contribution in [-0.4, -0.2) is 85.3 Å². The Morgan fingerprint density at radius 3 is 2.65 bits per heavy atom. The summed E-state index contributed by atoms with van der Waals surface area (Å²) in [6.45, 7) is 2.36. The van der Waals surface area contributed by atoms with Crippen LogP contribution in [-0.2, 0) is 14.3 Å². The number of benzene rings is 1. The number of likely N-dealkylation sites (tertiary alicyclic amines) is 1. The van der Waals surface area contributed by atoms with E-state index in [1.165, 1.54) is 18.9 Å². The number of ether oxygens (including phenoxy) is 2. The molecule has 0 radical (unpaired) electrons. The van der Waals surface area contributed by atoms with E-state index in [0.29, 0.717) is 11.6 Å². The van der Waals surface area contributed by atoms with Crippen molar-refractivity contribution in [1.29, 1.82) is 0 Å². The highest BCUT2D eigenvalue weighted by atomic mass is 32.2. The predicted octanol–water partition coefficient (Wildman–Crippen LogP) is 3.47. The summed E-state index contributed by atoms with van der Waals surface area (Å²) in [6.07, 6.45) is 4.97. The van der Waals surface area contributed by atoms with Gasteiger partial charge in [0.25, 0.3) is 0 Å². The second-order valence-electron chi connectivity index (χ2n) is 8.61. The minimum atomic E-state index is -0.312. The van der Waals surface area contributed by atoms with Crippen LogP contribution < -0.4 is 4.74 Å². The van der Waals surface area contributed by atoms with E-state index in [0.717, 1.165) is 61.5 Å². The van der Waals surface area contributed by atoms with Gasteiger partial charge >= 0.3 is 5.97 Å². The predicted molar refractivity (Wildman–Crippen MR) is 133 cm³/mol. The van der Waals surface area contributed by atoms with E-state index >= 15 is 0 Å². The first kappa shape index (κ1) is 26.0. The van der Waals surface area contributed by atoms with Crippen LogP contribution in [0.4, 0.5) is 0 Å². The molecule has 0 unspecified atom stereocenters. The highest BCUT2D eigenvalue weighted by Crippen LogP contribution is 2.36. The van der Waals surface area contributed by atoms with Crippen LogP contribution in [0.5, 0.6) is 5.75 Å². The van der Waals surface area contributed by atoms with Gasteiger partial charge in [-0.25, -0.2) is 9.97 Å². The fourth-order valence-corrected chi connectivity index (χ4v) is 4.72. The number of amides is 1. The first-order valence-electron chi connectivity index (χ1n) is 11.5. The Kier molecular flexibility index (Phi) is 9.71. The number of hydrogen-bond acceptors (Lipinski definition) is 8. The lowest BCUT2D eigenvalue weighted by Crippen LogP contribution is -2.38. The maximum atomic E-state index is 12.6. The molecule has 3 rings (SSSR count). The summed E-state index contributed by atoms with van der Waals surface area (Å²) in [7, 11) is 7.07. The van der Waals surface area contributed by atoms with Crippen molar-refractivity contribution in [3.8, 4) is 16.9 Å². The maximum absolute atomic E-state index is 12.6. The Balaban J connectivity index is 1.77. The third-order valence-electron chi connectivity index (χ3n) is 5.95. The minimum absolute atomic E-state index is 0.161. The second kappa shape index (κ2) is 12.7. The van der Waals surface area contributed by atoms with Crippen molar-refractivity contribution < 1.29 is 19.1 Å². The Morgan fingerprint density at radius 1 is 1.21 bits per heavy atom. The number of hydrogen-bond donors (Lipinski definition) is 0. The quantitative estimate of drug-likeness (QED) is 0.287. The van der Waals surface area contributed by atoms with Gasteiger partial charge < -0.3 is 19.3 Å². The van der Waals surface area contributed by atoms with Crippen LogP contribution in [0.25, 0.3) is 11.1 Å². The molecule has 1 aromatic heterocycles. The molecule has 2 aromatic rings. The Labute approximate surface area is 206 Å². The molecule has 0 spiro atoms. The van der Waals surface area contributed by atoms with E-state index in [1.54, 1.807) is 7.11 Å². The zero-order valence-corrected chi connectivity index (χ0v) is 21.3. The van der Waals surface area contributed by atoms with E-state index in [-0.39, 0.29) is 23.5 Å². The molecule has 0 N–H and O–H groups in total. The Morgan fingerprint density at radius 2 is 1.97 bits per heavy atom. The Hall–Kier alpha value is -2.65. The van der Waals surface area contributed by atoms with Crippen LogP contribution in [0.2, 0.25) is 0 Å². The number of esters is 1. The molecule has 1 aliphatic rings. The number of carbonyl (C=O) groups is 2. The SMILES string of the molecule is COC(=O)CSc1ncc(-c2cccc(OC)c2)c(C2CCN(C(=O)CCCN(C)C)CC2)n1. The molecule has 0 aliphatic carbocycles. The van der Waals surface area contributed by atoms with Crippen molar-refractivity contribution in [2.75, 3.05) is 53.7 Å². The highest BCUT2D eigenvalue weighted by molar-refractivity contribution is 7.99. The lowest BCUT2D eigenvalue weighted by atomic mass is 9.88. The number of piperidine rings is 1. The van der Waals surface area contributed by atoms with Gasteiger partial charge in [-0.1, -0.05) is 23.9 Å². The molecule has 34 heavy (non-hydrogen) atoms. The fourth-order valence-electron chi connectivity index (χ4n) is 4.06. The molecule has 2 heterocycles. The third kappa shape index (κ3) is 7.17. The van der Waals surface area contributed by atoms with E-state index in [1.807, 2.05) is 49.5 Å². The number of carbonyl (C=O) groups excluding carboxylic acids is 2. The van der Waals surface area contributed by atoms with Crippen molar-refractivity contribution in [2.45, 2.75) is 36.8 Å². The van der Waals surface area contributed by atoms with Crippen LogP contribution in [0.15, 0.2) is 35.6 Å². The van der Waals surface area contributed by atoms with Crippen LogP contribution in [0.1, 0.15) is 37.3 Å². The summed E-state index contributed by atoms with van der Waals surface area (Å²) in [6, 6.07) is 7.86. The van der Waals surface area contributed by atoms with Gasteiger partial charge in [-0.3, -0.25) is 9.59 Å². The Bertz CT molecular complexity index is 977. The summed E-state index contributed by atoms with van der Waals surface area (Å²) in [4.78, 5) is 37.7. The molecule has 0 bridgehead atoms. The summed E-state index contributed by atoms with van der Waals surface area (Å²) in [5.41, 5.74) is 2.90. The number of aromatic nitrogens is 2. The van der Waals surface area contributed by atoms with Gasteiger partial charge in [-0.15, -0.1) is 0 Å². The fraction of sp³-hybridized carbons (Fsp3) is 0.520. The van der Waals surface area contributed by atoms with Gasteiger partial charge in [-0.2, -0.15) is 0 Å².